The molecule has 0 atom stereocenters. The van der Waals surface area contributed by atoms with Crippen molar-refractivity contribution in [2.45, 2.75) is 53.8 Å². The molecule has 0 aliphatic rings. The predicted molar refractivity (Wildman–Crippen MR) is 197 cm³/mol. The minimum absolute atomic E-state index is 0.0487. The van der Waals surface area contributed by atoms with E-state index >= 15 is 0 Å². The van der Waals surface area contributed by atoms with Gasteiger partial charge in [0.2, 0.25) is 5.24 Å². The molecule has 4 aromatic carbocycles. The number of carbonyl (C=O) groups is 3. The second kappa shape index (κ2) is 17.0. The summed E-state index contributed by atoms with van der Waals surface area (Å²) in [6.07, 6.45) is 0.0487. The lowest BCUT2D eigenvalue weighted by Gasteiger charge is -2.17. The first kappa shape index (κ1) is 37.0. The molecule has 0 amide bonds. The number of hydrogen-bond acceptors (Lipinski definition) is 7. The first-order chi connectivity index (χ1) is 23.4. The van der Waals surface area contributed by atoms with E-state index < -0.39 is 5.97 Å². The Morgan fingerprint density at radius 2 is 1.53 bits per heavy atom. The van der Waals surface area contributed by atoms with Crippen LogP contribution in [0.5, 0.6) is 11.5 Å². The summed E-state index contributed by atoms with van der Waals surface area (Å²) in [5, 5.41) is 4.50. The third kappa shape index (κ3) is 9.43. The standard InChI is InChI=1S/C37H37ClN2O5.C2H3ClO/c1-6-44-37(42)36-33(24(4)41)34-32(40(36)22-26-8-7-9-28(38)20-26)19-18-31(27-12-16-30(17-13-27)45-23(2)3)35(34)39-21-25-10-14-29(43-5)15-11-25;1-2(3)4/h7-20,23,39H,6,21-22H2,1-5H3;1H3. The number of benzene rings is 4. The molecule has 0 bridgehead atoms. The van der Waals surface area contributed by atoms with Gasteiger partial charge in [-0.15, -0.1) is 0 Å². The van der Waals surface area contributed by atoms with Crippen LogP contribution in [0.1, 0.15) is 66.6 Å². The number of halogens is 2. The summed E-state index contributed by atoms with van der Waals surface area (Å²) >= 11 is 11.0. The number of Topliss-reactive ketones (excluding diaryl/α,β-unsaturated/α-hetero) is 1. The summed E-state index contributed by atoms with van der Waals surface area (Å²) < 4.78 is 18.6. The number of fused-ring (bicyclic) bond motifs is 1. The fourth-order valence-electron chi connectivity index (χ4n) is 5.52. The van der Waals surface area contributed by atoms with Gasteiger partial charge in [-0.25, -0.2) is 4.79 Å². The predicted octanol–water partition coefficient (Wildman–Crippen LogP) is 9.57. The molecule has 0 saturated carbocycles. The molecule has 5 rings (SSSR count). The molecule has 0 fully saturated rings. The van der Waals surface area contributed by atoms with Crippen molar-refractivity contribution in [3.8, 4) is 22.6 Å². The molecule has 5 aromatic rings. The van der Waals surface area contributed by atoms with Crippen LogP contribution in [-0.2, 0) is 22.6 Å². The average Bonchev–Trinajstić information content (AvgIpc) is 3.38. The number of rotatable bonds is 12. The summed E-state index contributed by atoms with van der Waals surface area (Å²) in [7, 11) is 1.64. The molecule has 1 aromatic heterocycles. The third-order valence-corrected chi connectivity index (χ3v) is 7.68. The van der Waals surface area contributed by atoms with Crippen LogP contribution in [0.2, 0.25) is 5.02 Å². The van der Waals surface area contributed by atoms with E-state index in [1.54, 1.807) is 20.1 Å². The number of esters is 1. The van der Waals surface area contributed by atoms with E-state index in [-0.39, 0.29) is 29.4 Å². The largest absolute Gasteiger partial charge is 0.497 e. The fraction of sp³-hybridized carbons (Fsp3) is 0.256. The van der Waals surface area contributed by atoms with Gasteiger partial charge in [0, 0.05) is 36.0 Å². The molecule has 8 nitrogen and oxygen atoms in total. The van der Waals surface area contributed by atoms with Crippen LogP contribution in [0.3, 0.4) is 0 Å². The van der Waals surface area contributed by atoms with Crippen LogP contribution >= 0.6 is 23.2 Å². The molecule has 1 N–H and O–H groups in total. The van der Waals surface area contributed by atoms with Crippen LogP contribution in [0, 0.1) is 0 Å². The van der Waals surface area contributed by atoms with Crippen molar-refractivity contribution >= 4 is 56.8 Å². The van der Waals surface area contributed by atoms with E-state index in [0.29, 0.717) is 29.1 Å². The summed E-state index contributed by atoms with van der Waals surface area (Å²) in [4.78, 5) is 36.3. The van der Waals surface area contributed by atoms with Crippen molar-refractivity contribution in [2.75, 3.05) is 19.0 Å². The molecule has 0 aliphatic heterocycles. The summed E-state index contributed by atoms with van der Waals surface area (Å²) in [5.41, 5.74) is 5.70. The Hall–Kier alpha value is -4.79. The quantitative estimate of drug-likeness (QED) is 0.0786. The molecule has 0 spiro atoms. The molecule has 256 valence electrons. The molecular weight excluding hydrogens is 663 g/mol. The van der Waals surface area contributed by atoms with Crippen molar-refractivity contribution in [3.05, 3.63) is 112 Å². The van der Waals surface area contributed by atoms with Gasteiger partial charge in [-0.2, -0.15) is 0 Å². The Balaban J connectivity index is 0.00000128. The maximum atomic E-state index is 13.6. The highest BCUT2D eigenvalue weighted by Gasteiger charge is 2.29. The smallest absolute Gasteiger partial charge is 0.355 e. The number of methoxy groups -OCH3 is 1. The van der Waals surface area contributed by atoms with Crippen LogP contribution in [0.4, 0.5) is 5.69 Å². The second-order valence-electron chi connectivity index (χ2n) is 11.5. The number of ether oxygens (including phenoxy) is 3. The zero-order chi connectivity index (χ0) is 35.7. The maximum absolute atomic E-state index is 13.6. The first-order valence-electron chi connectivity index (χ1n) is 15.8. The molecular formula is C39H40Cl2N2O6. The van der Waals surface area contributed by atoms with Crippen LogP contribution in [0.15, 0.2) is 84.9 Å². The van der Waals surface area contributed by atoms with Gasteiger partial charge in [0.25, 0.3) is 0 Å². The Kier molecular flexibility index (Phi) is 12.9. The van der Waals surface area contributed by atoms with Gasteiger partial charge in [-0.3, -0.25) is 9.59 Å². The van der Waals surface area contributed by atoms with Gasteiger partial charge < -0.3 is 24.1 Å². The van der Waals surface area contributed by atoms with Gasteiger partial charge in [0.05, 0.1) is 36.6 Å². The summed E-state index contributed by atoms with van der Waals surface area (Å²) in [6.45, 7) is 9.46. The van der Waals surface area contributed by atoms with Crippen molar-refractivity contribution < 1.29 is 28.6 Å². The minimum atomic E-state index is -0.557. The van der Waals surface area contributed by atoms with Crippen molar-refractivity contribution in [1.82, 2.24) is 4.57 Å². The number of hydrogen-bond donors (Lipinski definition) is 1. The molecule has 0 aliphatic carbocycles. The summed E-state index contributed by atoms with van der Waals surface area (Å²) in [5.74, 6) is 0.738. The monoisotopic (exact) mass is 702 g/mol. The lowest BCUT2D eigenvalue weighted by atomic mass is 9.97. The van der Waals surface area contributed by atoms with E-state index in [1.165, 1.54) is 13.8 Å². The number of ketones is 1. The minimum Gasteiger partial charge on any atom is -0.497 e. The van der Waals surface area contributed by atoms with Crippen molar-refractivity contribution in [1.29, 1.82) is 0 Å². The lowest BCUT2D eigenvalue weighted by molar-refractivity contribution is -0.109. The van der Waals surface area contributed by atoms with E-state index in [2.05, 4.69) is 16.9 Å². The second-order valence-corrected chi connectivity index (χ2v) is 12.4. The highest BCUT2D eigenvalue weighted by atomic mass is 35.5. The van der Waals surface area contributed by atoms with Crippen LogP contribution in [-0.4, -0.2) is 41.4 Å². The number of anilines is 1. The highest BCUT2D eigenvalue weighted by molar-refractivity contribution is 6.62. The maximum Gasteiger partial charge on any atom is 0.355 e. The summed E-state index contributed by atoms with van der Waals surface area (Å²) in [6, 6.07) is 27.1. The van der Waals surface area contributed by atoms with Gasteiger partial charge in [-0.1, -0.05) is 54.1 Å². The third-order valence-electron chi connectivity index (χ3n) is 7.45. The van der Waals surface area contributed by atoms with Gasteiger partial charge >= 0.3 is 5.97 Å². The molecule has 49 heavy (non-hydrogen) atoms. The topological polar surface area (TPSA) is 95.9 Å². The Morgan fingerprint density at radius 3 is 2.10 bits per heavy atom. The SMILES string of the molecule is CC(=O)Cl.CCOC(=O)c1c(C(C)=O)c2c(NCc3ccc(OC)cc3)c(-c3ccc(OC(C)C)cc3)ccc2n1Cc1cccc(Cl)c1. The highest BCUT2D eigenvalue weighted by Crippen LogP contribution is 2.41. The Bertz CT molecular complexity index is 1930. The van der Waals surface area contributed by atoms with E-state index in [4.69, 9.17) is 25.8 Å². The van der Waals surface area contributed by atoms with Crippen LogP contribution < -0.4 is 14.8 Å². The molecule has 1 heterocycles. The Labute approximate surface area is 296 Å². The normalized spacial score (nSPS) is 10.7. The fourth-order valence-corrected chi connectivity index (χ4v) is 5.74. The number of nitrogens with zero attached hydrogens (tertiary/aromatic N) is 1. The van der Waals surface area contributed by atoms with E-state index in [1.807, 2.05) is 97.3 Å². The van der Waals surface area contributed by atoms with Crippen LogP contribution in [0.25, 0.3) is 22.0 Å². The number of nitrogens with one attached hydrogen (secondary N) is 1. The molecule has 0 unspecified atom stereocenters. The lowest BCUT2D eigenvalue weighted by Crippen LogP contribution is -2.16. The van der Waals surface area contributed by atoms with Gasteiger partial charge in [0.1, 0.15) is 17.2 Å². The zero-order valence-electron chi connectivity index (χ0n) is 28.4. The van der Waals surface area contributed by atoms with Crippen molar-refractivity contribution in [3.63, 3.8) is 0 Å². The van der Waals surface area contributed by atoms with Gasteiger partial charge in [0.15, 0.2) is 5.78 Å². The number of aromatic nitrogens is 1. The zero-order valence-corrected chi connectivity index (χ0v) is 29.9. The molecule has 0 saturated heterocycles. The van der Waals surface area contributed by atoms with E-state index in [9.17, 15) is 14.4 Å². The van der Waals surface area contributed by atoms with Gasteiger partial charge in [-0.05, 0) is 98.5 Å². The van der Waals surface area contributed by atoms with E-state index in [0.717, 1.165) is 45.0 Å². The number of carbonyl (C=O) groups excluding carboxylic acids is 3. The first-order valence-corrected chi connectivity index (χ1v) is 16.6. The average molecular weight is 704 g/mol. The molecule has 0 radical (unpaired) electrons. The molecule has 10 heteroatoms. The van der Waals surface area contributed by atoms with Crippen molar-refractivity contribution in [2.24, 2.45) is 0 Å². The Morgan fingerprint density at radius 1 is 0.878 bits per heavy atom.